The highest BCUT2D eigenvalue weighted by Gasteiger charge is 2.40. The van der Waals surface area contributed by atoms with Gasteiger partial charge in [-0.05, 0) is 32.0 Å². The van der Waals surface area contributed by atoms with Crippen LogP contribution in [0.3, 0.4) is 0 Å². The molecule has 2 amide bonds. The summed E-state index contributed by atoms with van der Waals surface area (Å²) in [6.07, 6.45) is -0.00869. The summed E-state index contributed by atoms with van der Waals surface area (Å²) >= 11 is 0. The van der Waals surface area contributed by atoms with E-state index >= 15 is 0 Å². The topological polar surface area (TPSA) is 86.3 Å². The lowest BCUT2D eigenvalue weighted by Gasteiger charge is -2.17. The molecule has 3 rings (SSSR count). The minimum Gasteiger partial charge on any atom is -0.497 e. The highest BCUT2D eigenvalue weighted by atomic mass is 16.5. The van der Waals surface area contributed by atoms with Gasteiger partial charge in [-0.25, -0.2) is 0 Å². The number of anilines is 1. The Morgan fingerprint density at radius 3 is 2.28 bits per heavy atom. The van der Waals surface area contributed by atoms with Crippen molar-refractivity contribution in [3.63, 3.8) is 0 Å². The van der Waals surface area contributed by atoms with E-state index in [1.807, 2.05) is 13.8 Å². The normalized spacial score (nSPS) is 13.8. The van der Waals surface area contributed by atoms with Crippen LogP contribution in [-0.4, -0.2) is 57.3 Å². The lowest BCUT2D eigenvalue weighted by molar-refractivity contribution is -0.137. The van der Waals surface area contributed by atoms with E-state index < -0.39 is 11.8 Å². The van der Waals surface area contributed by atoms with Crippen molar-refractivity contribution in [3.05, 3.63) is 53.7 Å². The Hall–Kier alpha value is -3.52. The molecule has 0 saturated carbocycles. The maximum atomic E-state index is 13.4. The Morgan fingerprint density at radius 2 is 1.62 bits per heavy atom. The van der Waals surface area contributed by atoms with Crippen LogP contribution in [0.1, 0.15) is 19.4 Å². The molecule has 0 radical (unpaired) electrons. The summed E-state index contributed by atoms with van der Waals surface area (Å²) in [4.78, 5) is 27.9. The van der Waals surface area contributed by atoms with Gasteiger partial charge in [0.1, 0.15) is 22.9 Å². The molecule has 0 atom stereocenters. The molecule has 1 N–H and O–H groups in total. The molecule has 0 fully saturated rings. The maximum absolute atomic E-state index is 13.4. The van der Waals surface area contributed by atoms with Crippen molar-refractivity contribution < 1.29 is 28.5 Å². The number of amides is 2. The number of ether oxygens (including phenoxy) is 4. The Kier molecular flexibility index (Phi) is 7.37. The van der Waals surface area contributed by atoms with E-state index in [2.05, 4.69) is 5.32 Å². The number of carbonyl (C=O) groups is 2. The molecule has 8 nitrogen and oxygen atoms in total. The molecule has 0 spiro atoms. The van der Waals surface area contributed by atoms with Crippen LogP contribution in [0.4, 0.5) is 5.69 Å². The molecule has 2 aromatic rings. The number of hydrogen-bond donors (Lipinski definition) is 1. The molecule has 2 aromatic carbocycles. The van der Waals surface area contributed by atoms with Gasteiger partial charge in [-0.2, -0.15) is 0 Å². The van der Waals surface area contributed by atoms with Gasteiger partial charge in [0.15, 0.2) is 0 Å². The number of carbonyl (C=O) groups excluding carboxylic acids is 2. The van der Waals surface area contributed by atoms with Crippen LogP contribution >= 0.6 is 0 Å². The number of benzene rings is 2. The monoisotopic (exact) mass is 440 g/mol. The first-order chi connectivity index (χ1) is 15.4. The molecule has 32 heavy (non-hydrogen) atoms. The van der Waals surface area contributed by atoms with E-state index in [9.17, 15) is 9.59 Å². The minimum atomic E-state index is -0.443. The predicted octanol–water partition coefficient (Wildman–Crippen LogP) is 3.33. The Bertz CT molecular complexity index is 1030. The van der Waals surface area contributed by atoms with Gasteiger partial charge < -0.3 is 24.3 Å². The van der Waals surface area contributed by atoms with Gasteiger partial charge in [-0.15, -0.1) is 0 Å². The highest BCUT2D eigenvalue weighted by Crippen LogP contribution is 2.37. The second-order valence-corrected chi connectivity index (χ2v) is 7.32. The standard InChI is InChI=1S/C24H28N2O6/c1-15(2)32-13-12-26-23(27)21(17-8-6-7-9-19(17)30-4)22(24(26)28)25-18-11-10-16(29-3)14-20(18)31-5/h6-11,14-15,25H,12-13H2,1-5H3. The molecule has 0 bridgehead atoms. The molecule has 0 aromatic heterocycles. The molecule has 0 saturated heterocycles. The second-order valence-electron chi connectivity index (χ2n) is 7.32. The summed E-state index contributed by atoms with van der Waals surface area (Å²) in [6.45, 7) is 4.18. The third-order valence-electron chi connectivity index (χ3n) is 4.98. The van der Waals surface area contributed by atoms with Crippen LogP contribution in [0.25, 0.3) is 5.57 Å². The van der Waals surface area contributed by atoms with Gasteiger partial charge in [0.05, 0.1) is 51.8 Å². The Balaban J connectivity index is 2.05. The fraction of sp³-hybridized carbons (Fsp3) is 0.333. The van der Waals surface area contributed by atoms with Crippen molar-refractivity contribution >= 4 is 23.1 Å². The van der Waals surface area contributed by atoms with Crippen molar-refractivity contribution in [2.45, 2.75) is 20.0 Å². The number of imide groups is 1. The second kappa shape index (κ2) is 10.2. The third-order valence-corrected chi connectivity index (χ3v) is 4.98. The van der Waals surface area contributed by atoms with Crippen LogP contribution in [-0.2, 0) is 14.3 Å². The van der Waals surface area contributed by atoms with Gasteiger partial charge in [-0.1, -0.05) is 18.2 Å². The largest absolute Gasteiger partial charge is 0.497 e. The molecule has 170 valence electrons. The zero-order chi connectivity index (χ0) is 23.3. The average molecular weight is 440 g/mol. The van der Waals surface area contributed by atoms with Crippen LogP contribution in [0.2, 0.25) is 0 Å². The van der Waals surface area contributed by atoms with E-state index in [1.54, 1.807) is 49.6 Å². The molecule has 1 aliphatic heterocycles. The van der Waals surface area contributed by atoms with Gasteiger partial charge in [0.25, 0.3) is 11.8 Å². The van der Waals surface area contributed by atoms with E-state index in [0.717, 1.165) is 0 Å². The summed E-state index contributed by atoms with van der Waals surface area (Å²) in [5.41, 5.74) is 1.43. The first-order valence-electron chi connectivity index (χ1n) is 10.3. The fourth-order valence-electron chi connectivity index (χ4n) is 3.41. The molecule has 8 heteroatoms. The van der Waals surface area contributed by atoms with Gasteiger partial charge in [0.2, 0.25) is 0 Å². The van der Waals surface area contributed by atoms with E-state index in [0.29, 0.717) is 28.5 Å². The fourth-order valence-corrected chi connectivity index (χ4v) is 3.41. The first kappa shape index (κ1) is 23.1. The van der Waals surface area contributed by atoms with Crippen LogP contribution in [0, 0.1) is 0 Å². The number of rotatable bonds is 10. The molecule has 0 unspecified atom stereocenters. The minimum absolute atomic E-state index is 0.00869. The number of nitrogens with zero attached hydrogens (tertiary/aromatic N) is 1. The summed E-state index contributed by atoms with van der Waals surface area (Å²) in [5, 5.41) is 3.11. The highest BCUT2D eigenvalue weighted by molar-refractivity contribution is 6.37. The first-order valence-corrected chi connectivity index (χ1v) is 10.3. The SMILES string of the molecule is COc1ccc(NC2=C(c3ccccc3OC)C(=O)N(CCOC(C)C)C2=O)c(OC)c1. The quantitative estimate of drug-likeness (QED) is 0.567. The summed E-state index contributed by atoms with van der Waals surface area (Å²) in [6, 6.07) is 12.3. The van der Waals surface area contributed by atoms with Crippen LogP contribution in [0.5, 0.6) is 17.2 Å². The smallest absolute Gasteiger partial charge is 0.278 e. The summed E-state index contributed by atoms with van der Waals surface area (Å²) in [7, 11) is 4.60. The molecular weight excluding hydrogens is 412 g/mol. The maximum Gasteiger partial charge on any atom is 0.278 e. The van der Waals surface area contributed by atoms with Crippen LogP contribution < -0.4 is 19.5 Å². The van der Waals surface area contributed by atoms with E-state index in [-0.39, 0.29) is 30.5 Å². The lowest BCUT2D eigenvalue weighted by atomic mass is 10.0. The molecule has 1 aliphatic rings. The zero-order valence-corrected chi connectivity index (χ0v) is 18.9. The molecule has 0 aliphatic carbocycles. The molecule has 1 heterocycles. The van der Waals surface area contributed by atoms with Crippen molar-refractivity contribution in [1.82, 2.24) is 4.90 Å². The van der Waals surface area contributed by atoms with Gasteiger partial charge in [-0.3, -0.25) is 14.5 Å². The van der Waals surface area contributed by atoms with Crippen LogP contribution in [0.15, 0.2) is 48.2 Å². The number of para-hydroxylation sites is 1. The van der Waals surface area contributed by atoms with Crippen molar-refractivity contribution in [3.8, 4) is 17.2 Å². The Morgan fingerprint density at radius 1 is 0.906 bits per heavy atom. The molecular formula is C24H28N2O6. The predicted molar refractivity (Wildman–Crippen MR) is 121 cm³/mol. The summed E-state index contributed by atoms with van der Waals surface area (Å²) in [5.74, 6) is 0.707. The van der Waals surface area contributed by atoms with Gasteiger partial charge >= 0.3 is 0 Å². The Labute approximate surface area is 187 Å². The van der Waals surface area contributed by atoms with E-state index in [4.69, 9.17) is 18.9 Å². The van der Waals surface area contributed by atoms with Gasteiger partial charge in [0, 0.05) is 11.6 Å². The number of hydrogen-bond acceptors (Lipinski definition) is 7. The van der Waals surface area contributed by atoms with Crippen molar-refractivity contribution in [2.24, 2.45) is 0 Å². The summed E-state index contributed by atoms with van der Waals surface area (Å²) < 4.78 is 21.7. The lowest BCUT2D eigenvalue weighted by Crippen LogP contribution is -2.35. The zero-order valence-electron chi connectivity index (χ0n) is 18.9. The van der Waals surface area contributed by atoms with Crippen molar-refractivity contribution in [1.29, 1.82) is 0 Å². The number of nitrogens with one attached hydrogen (secondary N) is 1. The van der Waals surface area contributed by atoms with E-state index in [1.165, 1.54) is 19.1 Å². The number of methoxy groups -OCH3 is 3. The third kappa shape index (κ3) is 4.70. The van der Waals surface area contributed by atoms with Crippen molar-refractivity contribution in [2.75, 3.05) is 39.8 Å². The average Bonchev–Trinajstić information content (AvgIpc) is 3.03.